The molecule has 4 aromatic carbocycles. The van der Waals surface area contributed by atoms with Crippen molar-refractivity contribution in [1.29, 1.82) is 0 Å². The molecule has 1 saturated heterocycles. The summed E-state index contributed by atoms with van der Waals surface area (Å²) in [6.45, 7) is 2.46. The maximum absolute atomic E-state index is 13.2. The van der Waals surface area contributed by atoms with Crippen LogP contribution in [0.5, 0.6) is 11.5 Å². The van der Waals surface area contributed by atoms with Crippen LogP contribution in [-0.2, 0) is 16.2 Å². The van der Waals surface area contributed by atoms with Crippen LogP contribution in [0.1, 0.15) is 18.1 Å². The molecule has 4 aromatic rings. The van der Waals surface area contributed by atoms with Gasteiger partial charge in [-0.25, -0.2) is 9.69 Å². The number of anilines is 1. The number of barbiturate groups is 1. The molecule has 0 aromatic heterocycles. The van der Waals surface area contributed by atoms with Crippen LogP contribution >= 0.6 is 0 Å². The van der Waals surface area contributed by atoms with Gasteiger partial charge in [-0.3, -0.25) is 25.0 Å². The fraction of sp³-hybridized carbons (Fsp3) is 0.100. The Labute approximate surface area is 228 Å². The molecule has 1 N–H and O–H groups in total. The van der Waals surface area contributed by atoms with Crippen molar-refractivity contribution in [3.05, 3.63) is 112 Å². The van der Waals surface area contributed by atoms with Gasteiger partial charge in [0.25, 0.3) is 17.5 Å². The van der Waals surface area contributed by atoms with E-state index in [-0.39, 0.29) is 16.9 Å². The Bertz CT molecular complexity index is 1690. The van der Waals surface area contributed by atoms with Crippen LogP contribution < -0.4 is 19.7 Å². The van der Waals surface area contributed by atoms with Crippen LogP contribution in [0, 0.1) is 10.1 Å². The molecular weight excluding hydrogens is 514 g/mol. The summed E-state index contributed by atoms with van der Waals surface area (Å²) >= 11 is 0. The fourth-order valence-corrected chi connectivity index (χ4v) is 4.38. The zero-order valence-corrected chi connectivity index (χ0v) is 21.3. The summed E-state index contributed by atoms with van der Waals surface area (Å²) < 4.78 is 11.9. The normalized spacial score (nSPS) is 14.4. The number of nitro groups is 1. The molecule has 1 heterocycles. The largest absolute Gasteiger partial charge is 0.490 e. The first-order chi connectivity index (χ1) is 19.4. The average molecular weight is 538 g/mol. The number of imide groups is 2. The second-order valence-corrected chi connectivity index (χ2v) is 8.80. The Morgan fingerprint density at radius 2 is 1.68 bits per heavy atom. The number of nitro benzene ring substituents is 1. The van der Waals surface area contributed by atoms with E-state index in [4.69, 9.17) is 9.47 Å². The minimum absolute atomic E-state index is 0.0395. The van der Waals surface area contributed by atoms with E-state index in [1.54, 1.807) is 18.2 Å². The maximum Gasteiger partial charge on any atom is 0.335 e. The Balaban J connectivity index is 1.43. The molecule has 1 aliphatic rings. The summed E-state index contributed by atoms with van der Waals surface area (Å²) in [6.07, 6.45) is 1.32. The number of carbonyl (C=O) groups is 3. The van der Waals surface area contributed by atoms with Crippen molar-refractivity contribution in [2.45, 2.75) is 13.5 Å². The number of urea groups is 1. The van der Waals surface area contributed by atoms with Gasteiger partial charge < -0.3 is 9.47 Å². The average Bonchev–Trinajstić information content (AvgIpc) is 2.95. The molecule has 0 unspecified atom stereocenters. The van der Waals surface area contributed by atoms with Gasteiger partial charge in [0.1, 0.15) is 12.2 Å². The zero-order valence-electron chi connectivity index (χ0n) is 21.3. The number of fused-ring (bicyclic) bond motifs is 1. The minimum Gasteiger partial charge on any atom is -0.490 e. The second-order valence-electron chi connectivity index (χ2n) is 8.80. The van der Waals surface area contributed by atoms with E-state index in [9.17, 15) is 24.5 Å². The quantitative estimate of drug-likeness (QED) is 0.138. The molecule has 1 aliphatic heterocycles. The number of carbonyl (C=O) groups excluding carboxylic acids is 3. The molecular formula is C30H23N3O7. The number of hydrogen-bond acceptors (Lipinski definition) is 7. The highest BCUT2D eigenvalue weighted by Gasteiger charge is 2.37. The predicted molar refractivity (Wildman–Crippen MR) is 148 cm³/mol. The van der Waals surface area contributed by atoms with Crippen LogP contribution in [0.2, 0.25) is 0 Å². The monoisotopic (exact) mass is 537 g/mol. The number of amides is 4. The van der Waals surface area contributed by atoms with Gasteiger partial charge in [-0.1, -0.05) is 54.6 Å². The molecule has 0 saturated carbocycles. The third-order valence-electron chi connectivity index (χ3n) is 6.24. The van der Waals surface area contributed by atoms with Crippen molar-refractivity contribution < 1.29 is 28.8 Å². The predicted octanol–water partition coefficient (Wildman–Crippen LogP) is 5.39. The summed E-state index contributed by atoms with van der Waals surface area (Å²) in [6, 6.07) is 23.0. The van der Waals surface area contributed by atoms with Crippen molar-refractivity contribution in [2.75, 3.05) is 11.5 Å². The van der Waals surface area contributed by atoms with E-state index in [2.05, 4.69) is 5.32 Å². The van der Waals surface area contributed by atoms with E-state index in [0.717, 1.165) is 22.4 Å². The lowest BCUT2D eigenvalue weighted by atomic mass is 10.1. The van der Waals surface area contributed by atoms with Crippen molar-refractivity contribution >= 4 is 46.1 Å². The first-order valence-electron chi connectivity index (χ1n) is 12.4. The summed E-state index contributed by atoms with van der Waals surface area (Å²) in [5.41, 5.74) is 0.788. The van der Waals surface area contributed by atoms with Gasteiger partial charge in [0.15, 0.2) is 11.5 Å². The number of nitrogens with one attached hydrogen (secondary N) is 1. The molecule has 1 fully saturated rings. The van der Waals surface area contributed by atoms with Gasteiger partial charge in [0.05, 0.1) is 17.2 Å². The fourth-order valence-electron chi connectivity index (χ4n) is 4.38. The molecule has 0 aliphatic carbocycles. The Morgan fingerprint density at radius 3 is 2.48 bits per heavy atom. The Kier molecular flexibility index (Phi) is 7.23. The molecule has 40 heavy (non-hydrogen) atoms. The molecule has 200 valence electrons. The summed E-state index contributed by atoms with van der Waals surface area (Å²) in [5.74, 6) is -0.911. The lowest BCUT2D eigenvalue weighted by molar-refractivity contribution is -0.384. The molecule has 0 spiro atoms. The highest BCUT2D eigenvalue weighted by molar-refractivity contribution is 6.39. The van der Waals surface area contributed by atoms with Gasteiger partial charge >= 0.3 is 6.03 Å². The number of rotatable bonds is 8. The van der Waals surface area contributed by atoms with Gasteiger partial charge in [-0.2, -0.15) is 0 Å². The number of non-ortho nitro benzene ring substituents is 1. The lowest BCUT2D eigenvalue weighted by Gasteiger charge is -2.26. The third-order valence-corrected chi connectivity index (χ3v) is 6.24. The first kappa shape index (κ1) is 26.1. The van der Waals surface area contributed by atoms with Crippen LogP contribution in [-0.4, -0.2) is 29.4 Å². The highest BCUT2D eigenvalue weighted by atomic mass is 16.6. The van der Waals surface area contributed by atoms with E-state index >= 15 is 0 Å². The molecule has 0 radical (unpaired) electrons. The smallest absolute Gasteiger partial charge is 0.335 e. The van der Waals surface area contributed by atoms with E-state index < -0.39 is 22.8 Å². The Morgan fingerprint density at radius 1 is 0.900 bits per heavy atom. The molecule has 10 heteroatoms. The first-order valence-corrected chi connectivity index (χ1v) is 12.4. The molecule has 4 amide bonds. The summed E-state index contributed by atoms with van der Waals surface area (Å²) in [5, 5.41) is 15.5. The van der Waals surface area contributed by atoms with Crippen LogP contribution in [0.15, 0.2) is 90.5 Å². The third kappa shape index (κ3) is 5.23. The summed E-state index contributed by atoms with van der Waals surface area (Å²) in [7, 11) is 0. The minimum atomic E-state index is -1.00. The number of hydrogen-bond donors (Lipinski definition) is 1. The van der Waals surface area contributed by atoms with Gasteiger partial charge in [0.2, 0.25) is 0 Å². The van der Waals surface area contributed by atoms with Gasteiger partial charge in [0, 0.05) is 12.1 Å². The van der Waals surface area contributed by atoms with Gasteiger partial charge in [-0.15, -0.1) is 0 Å². The molecule has 0 atom stereocenters. The number of nitrogens with zero attached hydrogens (tertiary/aromatic N) is 2. The van der Waals surface area contributed by atoms with E-state index in [0.29, 0.717) is 35.2 Å². The Hall–Kier alpha value is -5.51. The van der Waals surface area contributed by atoms with Crippen LogP contribution in [0.25, 0.3) is 16.8 Å². The van der Waals surface area contributed by atoms with Crippen LogP contribution in [0.4, 0.5) is 16.2 Å². The second kappa shape index (κ2) is 11.1. The zero-order chi connectivity index (χ0) is 28.2. The van der Waals surface area contributed by atoms with Gasteiger partial charge in [-0.05, 0) is 53.1 Å². The standard InChI is InChI=1S/C30H23N3O7/c1-2-39-27-16-19(13-14-26(27)40-18-21-9-5-8-20-7-3-4-12-24(20)21)15-25-28(34)31-30(36)32(29(25)35)22-10-6-11-23(17-22)33(37)38/h3-17H,2,18H2,1H3,(H,31,34,36)/b25-15+. The molecule has 10 nitrogen and oxygen atoms in total. The van der Waals surface area contributed by atoms with E-state index in [1.807, 2.05) is 49.4 Å². The molecule has 5 rings (SSSR count). The van der Waals surface area contributed by atoms with Crippen molar-refractivity contribution in [2.24, 2.45) is 0 Å². The van der Waals surface area contributed by atoms with Crippen LogP contribution in [0.3, 0.4) is 0 Å². The highest BCUT2D eigenvalue weighted by Crippen LogP contribution is 2.32. The number of ether oxygens (including phenoxy) is 2. The summed E-state index contributed by atoms with van der Waals surface area (Å²) in [4.78, 5) is 49.5. The topological polar surface area (TPSA) is 128 Å². The lowest BCUT2D eigenvalue weighted by Crippen LogP contribution is -2.54. The van der Waals surface area contributed by atoms with Crippen molar-refractivity contribution in [3.63, 3.8) is 0 Å². The van der Waals surface area contributed by atoms with E-state index in [1.165, 1.54) is 24.3 Å². The molecule has 0 bridgehead atoms. The SMILES string of the molecule is CCOc1cc(/C=C2\C(=O)NC(=O)N(c3cccc([N+](=O)[O-])c3)C2=O)ccc1OCc1cccc2ccccc12. The maximum atomic E-state index is 13.2. The number of benzene rings is 4. The van der Waals surface area contributed by atoms with Crippen molar-refractivity contribution in [3.8, 4) is 11.5 Å². The van der Waals surface area contributed by atoms with Crippen molar-refractivity contribution in [1.82, 2.24) is 5.32 Å².